The van der Waals surface area contributed by atoms with E-state index in [9.17, 15) is 31.6 Å². The summed E-state index contributed by atoms with van der Waals surface area (Å²) in [5.41, 5.74) is 5.68. The molecule has 262 valence electrons. The van der Waals surface area contributed by atoms with E-state index in [-0.39, 0.29) is 39.2 Å². The Kier molecular flexibility index (Phi) is 8.64. The molecule has 0 aliphatic carbocycles. The summed E-state index contributed by atoms with van der Waals surface area (Å²) in [7, 11) is 0. The van der Waals surface area contributed by atoms with Crippen molar-refractivity contribution in [3.8, 4) is 98.6 Å². The second kappa shape index (κ2) is 14.3. The topological polar surface area (TPSA) is 274 Å². The zero-order valence-corrected chi connectivity index (χ0v) is 28.8. The van der Waals surface area contributed by atoms with E-state index in [1.807, 2.05) is 36.4 Å². The van der Waals surface area contributed by atoms with E-state index < -0.39 is 0 Å². The summed E-state index contributed by atoms with van der Waals surface area (Å²) in [4.78, 5) is 12.9. The van der Waals surface area contributed by atoms with E-state index in [4.69, 9.17) is 0 Å². The quantitative estimate of drug-likeness (QED) is 0.218. The van der Waals surface area contributed by atoms with Crippen LogP contribution in [0.5, 0.6) is 0 Å². The molecule has 0 bridgehead atoms. The van der Waals surface area contributed by atoms with Gasteiger partial charge in [0, 0.05) is 16.7 Å². The summed E-state index contributed by atoms with van der Waals surface area (Å²) in [6.45, 7) is 0. The smallest absolute Gasteiger partial charge is 0.167 e. The fourth-order valence-electron chi connectivity index (χ4n) is 5.92. The Balaban J connectivity index is 1.34. The Labute approximate surface area is 320 Å². The number of hydrogen-bond donors (Lipinski definition) is 0. The van der Waals surface area contributed by atoms with Gasteiger partial charge in [-0.2, -0.15) is 31.6 Å². The van der Waals surface area contributed by atoms with Gasteiger partial charge in [-0.3, -0.25) is 0 Å². The zero-order chi connectivity index (χ0) is 39.5. The van der Waals surface area contributed by atoms with Gasteiger partial charge in [0.05, 0.1) is 74.6 Å². The van der Waals surface area contributed by atoms with E-state index in [1.54, 1.807) is 67.1 Å². The lowest BCUT2D eigenvalue weighted by atomic mass is 10.0. The van der Waals surface area contributed by atoms with Crippen molar-refractivity contribution in [2.24, 2.45) is 0 Å². The van der Waals surface area contributed by atoms with Crippen molar-refractivity contribution in [2.75, 3.05) is 0 Å². The first-order valence-corrected chi connectivity index (χ1v) is 16.4. The third kappa shape index (κ3) is 6.26. The predicted molar refractivity (Wildman–Crippen MR) is 195 cm³/mol. The summed E-state index contributed by atoms with van der Waals surface area (Å²) in [5.74, 6) is 0.229. The highest BCUT2D eigenvalue weighted by atomic mass is 15.5. The van der Waals surface area contributed by atoms with Gasteiger partial charge in [0.1, 0.15) is 66.2 Å². The summed E-state index contributed by atoms with van der Waals surface area (Å²) < 4.78 is 4.47. The minimum Gasteiger partial charge on any atom is -0.225 e. The maximum atomic E-state index is 9.65. The van der Waals surface area contributed by atoms with Crippen LogP contribution in [0.3, 0.4) is 0 Å². The number of aromatic nitrogens is 12. The molecule has 0 aliphatic rings. The van der Waals surface area contributed by atoms with Crippen molar-refractivity contribution < 1.29 is 0 Å². The van der Waals surface area contributed by atoms with E-state index in [0.717, 1.165) is 0 Å². The maximum Gasteiger partial charge on any atom is 0.167 e. The highest BCUT2D eigenvalue weighted by molar-refractivity contribution is 5.80. The molecule has 0 aliphatic heterocycles. The fourth-order valence-corrected chi connectivity index (χ4v) is 5.92. The summed E-state index contributed by atoms with van der Waals surface area (Å²) >= 11 is 0. The molecule has 4 aromatic heterocycles. The Morgan fingerprint density at radius 1 is 0.421 bits per heavy atom. The third-order valence-electron chi connectivity index (χ3n) is 8.71. The van der Waals surface area contributed by atoms with Gasteiger partial charge in [-0.05, 0) is 48.5 Å². The molecule has 18 heteroatoms. The lowest BCUT2D eigenvalue weighted by Crippen LogP contribution is -2.09. The van der Waals surface area contributed by atoms with Crippen LogP contribution in [-0.2, 0) is 0 Å². The van der Waals surface area contributed by atoms with Crippen LogP contribution in [-0.4, -0.2) is 59.9 Å². The molecule has 0 radical (unpaired) electrons. The Hall–Kier alpha value is -9.75. The summed E-state index contributed by atoms with van der Waals surface area (Å²) in [6, 6.07) is 29.9. The van der Waals surface area contributed by atoms with Crippen molar-refractivity contribution >= 4 is 0 Å². The minimum atomic E-state index is 0.178. The summed E-state index contributed by atoms with van der Waals surface area (Å²) in [6.07, 6.45) is 7.58. The fraction of sp³-hybridized carbons (Fsp3) is 0. The lowest BCUT2D eigenvalue weighted by molar-refractivity contribution is 0.770. The molecule has 0 unspecified atom stereocenters. The van der Waals surface area contributed by atoms with Crippen molar-refractivity contribution in [3.05, 3.63) is 131 Å². The molecular weight excluding hydrogens is 721 g/mol. The van der Waals surface area contributed by atoms with Crippen LogP contribution in [0.2, 0.25) is 0 Å². The standard InChI is InChI=1S/C39H16N18/c40-12-26-4-1-23(7-29(26)15-43)33-18-55(52-49-33)32-10-36(56-19-34(50-53-56)24-2-5-27(13-41)30(8-24)16-44)38(39-47-21-46-22-48-39)37(11-32)57-20-35(51-54-57)25-3-6-28(14-42)31(9-25)17-45/h1-11,18-22H. The van der Waals surface area contributed by atoms with Crippen molar-refractivity contribution in [1.29, 1.82) is 31.6 Å². The molecule has 8 aromatic rings. The van der Waals surface area contributed by atoms with Crippen LogP contribution >= 0.6 is 0 Å². The lowest BCUT2D eigenvalue weighted by Gasteiger charge is -2.15. The summed E-state index contributed by atoms with van der Waals surface area (Å²) in [5, 5.41) is 83.6. The first-order chi connectivity index (χ1) is 27.9. The Bertz CT molecular complexity index is 3030. The van der Waals surface area contributed by atoms with Gasteiger partial charge in [-0.25, -0.2) is 29.0 Å². The number of benzene rings is 4. The first kappa shape index (κ1) is 34.3. The maximum absolute atomic E-state index is 9.65. The van der Waals surface area contributed by atoms with Crippen LogP contribution in [0.4, 0.5) is 0 Å². The number of rotatable bonds is 7. The van der Waals surface area contributed by atoms with Crippen LogP contribution in [0.25, 0.3) is 62.2 Å². The molecule has 0 atom stereocenters. The molecule has 4 heterocycles. The van der Waals surface area contributed by atoms with Crippen LogP contribution in [0.1, 0.15) is 33.4 Å². The van der Waals surface area contributed by atoms with Gasteiger partial charge in [0.2, 0.25) is 0 Å². The molecule has 0 saturated heterocycles. The molecular formula is C39H16N18. The molecule has 57 heavy (non-hydrogen) atoms. The largest absolute Gasteiger partial charge is 0.225 e. The van der Waals surface area contributed by atoms with Crippen molar-refractivity contribution in [1.82, 2.24) is 59.9 Å². The Morgan fingerprint density at radius 2 is 0.789 bits per heavy atom. The van der Waals surface area contributed by atoms with Crippen LogP contribution < -0.4 is 0 Å². The second-order valence-corrected chi connectivity index (χ2v) is 11.9. The van der Waals surface area contributed by atoms with Gasteiger partial charge in [-0.15, -0.1) is 15.3 Å². The van der Waals surface area contributed by atoms with Crippen molar-refractivity contribution in [3.63, 3.8) is 0 Å². The molecule has 0 spiro atoms. The van der Waals surface area contributed by atoms with Gasteiger partial charge >= 0.3 is 0 Å². The van der Waals surface area contributed by atoms with Gasteiger partial charge in [0.25, 0.3) is 0 Å². The normalized spacial score (nSPS) is 10.4. The van der Waals surface area contributed by atoms with Gasteiger partial charge < -0.3 is 0 Å². The van der Waals surface area contributed by atoms with Gasteiger partial charge in [0.15, 0.2) is 5.82 Å². The molecule has 0 saturated carbocycles. The zero-order valence-electron chi connectivity index (χ0n) is 28.8. The van der Waals surface area contributed by atoms with Crippen LogP contribution in [0.15, 0.2) is 98.0 Å². The number of nitrogens with zero attached hydrogens (tertiary/aromatic N) is 18. The average molecular weight is 737 g/mol. The van der Waals surface area contributed by atoms with Crippen molar-refractivity contribution in [2.45, 2.75) is 0 Å². The second-order valence-electron chi connectivity index (χ2n) is 11.9. The molecule has 0 N–H and O–H groups in total. The molecule has 0 amide bonds. The van der Waals surface area contributed by atoms with E-state index in [0.29, 0.717) is 56.4 Å². The Morgan fingerprint density at radius 3 is 1.18 bits per heavy atom. The van der Waals surface area contributed by atoms with E-state index in [2.05, 4.69) is 45.9 Å². The van der Waals surface area contributed by atoms with E-state index in [1.165, 1.54) is 44.9 Å². The molecule has 18 nitrogen and oxygen atoms in total. The van der Waals surface area contributed by atoms with E-state index >= 15 is 0 Å². The first-order valence-electron chi connectivity index (χ1n) is 16.4. The monoisotopic (exact) mass is 736 g/mol. The third-order valence-corrected chi connectivity index (χ3v) is 8.71. The highest BCUT2D eigenvalue weighted by Gasteiger charge is 2.23. The molecule has 8 rings (SSSR count). The average Bonchev–Trinajstić information content (AvgIpc) is 4.08. The van der Waals surface area contributed by atoms with Crippen LogP contribution in [0, 0.1) is 68.0 Å². The number of nitriles is 6. The minimum absolute atomic E-state index is 0.178. The molecule has 0 fully saturated rings. The number of hydrogen-bond acceptors (Lipinski definition) is 15. The molecule has 4 aromatic carbocycles. The highest BCUT2D eigenvalue weighted by Crippen LogP contribution is 2.35. The SMILES string of the molecule is N#Cc1ccc(-c2cn(-c3cc(-n4cc(-c5ccc(C#N)c(C#N)c5)nn4)c(-c4ncncn4)c(-n4cc(-c5ccc(C#N)c(C#N)c5)nn4)c3)nn2)cc1C#N. The predicted octanol–water partition coefficient (Wildman–Crippen LogP) is 4.51. The van der Waals surface area contributed by atoms with Gasteiger partial charge in [-0.1, -0.05) is 33.8 Å².